The molecule has 4 rings (SSSR count). The van der Waals surface area contributed by atoms with E-state index in [0.29, 0.717) is 18.1 Å². The van der Waals surface area contributed by atoms with Gasteiger partial charge in [0.1, 0.15) is 5.82 Å². The standard InChI is InChI=1S/C21H21N5OS2/c1-25(2)16-9-7-15(8-10-16)13-26-19(11-12-22-26)24-20(27)14-28-21-23-17-5-3-4-6-18(17)29-21/h3-12H,13-14H2,1-2H3,(H,24,27). The Balaban J connectivity index is 1.36. The average molecular weight is 424 g/mol. The quantitative estimate of drug-likeness (QED) is 0.448. The fraction of sp³-hybridized carbons (Fsp3) is 0.190. The van der Waals surface area contributed by atoms with E-state index >= 15 is 0 Å². The second-order valence-corrected chi connectivity index (χ2v) is 8.97. The molecule has 0 fully saturated rings. The Morgan fingerprint density at radius 1 is 1.14 bits per heavy atom. The minimum absolute atomic E-state index is 0.0704. The summed E-state index contributed by atoms with van der Waals surface area (Å²) in [5.74, 6) is 0.929. The number of amides is 1. The third-order valence-electron chi connectivity index (χ3n) is 4.37. The summed E-state index contributed by atoms with van der Waals surface area (Å²) < 4.78 is 3.83. The van der Waals surface area contributed by atoms with Crippen LogP contribution in [0.1, 0.15) is 5.56 Å². The van der Waals surface area contributed by atoms with Crippen LogP contribution < -0.4 is 10.2 Å². The lowest BCUT2D eigenvalue weighted by Gasteiger charge is -2.13. The lowest BCUT2D eigenvalue weighted by atomic mass is 10.2. The van der Waals surface area contributed by atoms with Gasteiger partial charge in [-0.15, -0.1) is 11.3 Å². The highest BCUT2D eigenvalue weighted by Crippen LogP contribution is 2.29. The lowest BCUT2D eigenvalue weighted by Crippen LogP contribution is -2.17. The molecule has 0 aliphatic heterocycles. The van der Waals surface area contributed by atoms with Crippen molar-refractivity contribution in [1.29, 1.82) is 0 Å². The van der Waals surface area contributed by atoms with E-state index < -0.39 is 0 Å². The molecule has 2 heterocycles. The number of benzene rings is 2. The van der Waals surface area contributed by atoms with E-state index in [-0.39, 0.29) is 5.91 Å². The van der Waals surface area contributed by atoms with Crippen molar-refractivity contribution >= 4 is 50.7 Å². The highest BCUT2D eigenvalue weighted by molar-refractivity contribution is 8.01. The maximum atomic E-state index is 12.4. The first-order valence-corrected chi connectivity index (χ1v) is 10.9. The Labute approximate surface area is 177 Å². The second-order valence-electron chi connectivity index (χ2n) is 6.72. The van der Waals surface area contributed by atoms with Gasteiger partial charge in [-0.2, -0.15) is 5.10 Å². The molecular formula is C21H21N5OS2. The van der Waals surface area contributed by atoms with Crippen LogP contribution in [0.4, 0.5) is 11.5 Å². The van der Waals surface area contributed by atoms with Crippen LogP contribution in [0.5, 0.6) is 0 Å². The van der Waals surface area contributed by atoms with Crippen molar-refractivity contribution in [3.8, 4) is 0 Å². The number of anilines is 2. The van der Waals surface area contributed by atoms with Gasteiger partial charge in [-0.1, -0.05) is 36.0 Å². The van der Waals surface area contributed by atoms with E-state index in [1.54, 1.807) is 22.2 Å². The highest BCUT2D eigenvalue weighted by Gasteiger charge is 2.11. The Morgan fingerprint density at radius 2 is 1.93 bits per heavy atom. The number of para-hydroxylation sites is 1. The largest absolute Gasteiger partial charge is 0.378 e. The van der Waals surface area contributed by atoms with Gasteiger partial charge in [-0.3, -0.25) is 4.79 Å². The number of nitrogens with one attached hydrogen (secondary N) is 1. The van der Waals surface area contributed by atoms with Crippen LogP contribution in [0.3, 0.4) is 0 Å². The monoisotopic (exact) mass is 423 g/mol. The van der Waals surface area contributed by atoms with Crippen molar-refractivity contribution in [3.63, 3.8) is 0 Å². The summed E-state index contributed by atoms with van der Waals surface area (Å²) in [6, 6.07) is 18.1. The zero-order valence-electron chi connectivity index (χ0n) is 16.2. The van der Waals surface area contributed by atoms with Crippen LogP contribution in [-0.2, 0) is 11.3 Å². The van der Waals surface area contributed by atoms with Gasteiger partial charge in [-0.25, -0.2) is 9.67 Å². The molecule has 1 N–H and O–H groups in total. The SMILES string of the molecule is CN(C)c1ccc(Cn2nccc2NC(=O)CSc2nc3ccccc3s2)cc1. The second kappa shape index (κ2) is 8.67. The van der Waals surface area contributed by atoms with Crippen LogP contribution >= 0.6 is 23.1 Å². The number of rotatable bonds is 7. The van der Waals surface area contributed by atoms with E-state index in [4.69, 9.17) is 0 Å². The molecule has 148 valence electrons. The van der Waals surface area contributed by atoms with Gasteiger partial charge < -0.3 is 10.2 Å². The fourth-order valence-electron chi connectivity index (χ4n) is 2.86. The summed E-state index contributed by atoms with van der Waals surface area (Å²) >= 11 is 3.06. The van der Waals surface area contributed by atoms with Crippen molar-refractivity contribution in [2.45, 2.75) is 10.9 Å². The molecule has 29 heavy (non-hydrogen) atoms. The number of fused-ring (bicyclic) bond motifs is 1. The van der Waals surface area contributed by atoms with Crippen LogP contribution in [0.2, 0.25) is 0 Å². The zero-order chi connectivity index (χ0) is 20.2. The Hall–Kier alpha value is -2.84. The first-order valence-electron chi connectivity index (χ1n) is 9.15. The zero-order valence-corrected chi connectivity index (χ0v) is 17.8. The van der Waals surface area contributed by atoms with Gasteiger partial charge in [0.15, 0.2) is 4.34 Å². The minimum Gasteiger partial charge on any atom is -0.378 e. The Morgan fingerprint density at radius 3 is 2.69 bits per heavy atom. The molecule has 0 radical (unpaired) electrons. The molecule has 4 aromatic rings. The first kappa shape index (κ1) is 19.5. The molecule has 0 saturated heterocycles. The maximum absolute atomic E-state index is 12.4. The number of thioether (sulfide) groups is 1. The predicted octanol–water partition coefficient (Wildman–Crippen LogP) is 4.34. The number of carbonyl (C=O) groups excluding carboxylic acids is 1. The van der Waals surface area contributed by atoms with Crippen LogP contribution in [0.15, 0.2) is 65.1 Å². The molecule has 0 atom stereocenters. The molecular weight excluding hydrogens is 402 g/mol. The Kier molecular flexibility index (Phi) is 5.82. The van der Waals surface area contributed by atoms with Crippen molar-refractivity contribution in [3.05, 3.63) is 66.4 Å². The van der Waals surface area contributed by atoms with Crippen molar-refractivity contribution in [2.75, 3.05) is 30.1 Å². The van der Waals surface area contributed by atoms with E-state index in [9.17, 15) is 4.79 Å². The smallest absolute Gasteiger partial charge is 0.235 e. The fourth-order valence-corrected chi connectivity index (χ4v) is 4.72. The van der Waals surface area contributed by atoms with Crippen molar-refractivity contribution in [2.24, 2.45) is 0 Å². The van der Waals surface area contributed by atoms with Gasteiger partial charge in [-0.05, 0) is 29.8 Å². The van der Waals surface area contributed by atoms with Gasteiger partial charge in [0, 0.05) is 25.8 Å². The van der Waals surface area contributed by atoms with Crippen molar-refractivity contribution in [1.82, 2.24) is 14.8 Å². The van der Waals surface area contributed by atoms with E-state index in [1.165, 1.54) is 11.8 Å². The van der Waals surface area contributed by atoms with E-state index in [2.05, 4.69) is 44.6 Å². The van der Waals surface area contributed by atoms with Crippen molar-refractivity contribution < 1.29 is 4.79 Å². The molecule has 0 bridgehead atoms. The molecule has 0 saturated carbocycles. The summed E-state index contributed by atoms with van der Waals surface area (Å²) in [7, 11) is 4.03. The lowest BCUT2D eigenvalue weighted by molar-refractivity contribution is -0.113. The third kappa shape index (κ3) is 4.78. The number of nitrogens with zero attached hydrogens (tertiary/aromatic N) is 4. The van der Waals surface area contributed by atoms with Crippen LogP contribution in [0.25, 0.3) is 10.2 Å². The van der Waals surface area contributed by atoms with Gasteiger partial charge in [0.2, 0.25) is 5.91 Å². The molecule has 2 aromatic heterocycles. The number of carbonyl (C=O) groups is 1. The van der Waals surface area contributed by atoms with Gasteiger partial charge >= 0.3 is 0 Å². The van der Waals surface area contributed by atoms with Crippen LogP contribution in [0, 0.1) is 0 Å². The van der Waals surface area contributed by atoms with Crippen LogP contribution in [-0.4, -0.2) is 40.5 Å². The number of aromatic nitrogens is 3. The molecule has 1 amide bonds. The summed E-state index contributed by atoms with van der Waals surface area (Å²) in [5, 5.41) is 7.30. The maximum Gasteiger partial charge on any atom is 0.235 e. The molecule has 0 aliphatic carbocycles. The topological polar surface area (TPSA) is 63.1 Å². The summed E-state index contributed by atoms with van der Waals surface area (Å²) in [6.07, 6.45) is 1.70. The molecule has 6 nitrogen and oxygen atoms in total. The number of thiazole rings is 1. The normalized spacial score (nSPS) is 11.0. The van der Waals surface area contributed by atoms with E-state index in [0.717, 1.165) is 25.8 Å². The molecule has 2 aromatic carbocycles. The summed E-state index contributed by atoms with van der Waals surface area (Å²) in [4.78, 5) is 19.0. The molecule has 0 aliphatic rings. The first-order chi connectivity index (χ1) is 14.1. The third-order valence-corrected chi connectivity index (χ3v) is 6.55. The van der Waals surface area contributed by atoms with Gasteiger partial charge in [0.25, 0.3) is 0 Å². The van der Waals surface area contributed by atoms with E-state index in [1.807, 2.05) is 44.4 Å². The molecule has 8 heteroatoms. The highest BCUT2D eigenvalue weighted by atomic mass is 32.2. The minimum atomic E-state index is -0.0704. The summed E-state index contributed by atoms with van der Waals surface area (Å²) in [5.41, 5.74) is 3.24. The summed E-state index contributed by atoms with van der Waals surface area (Å²) in [6.45, 7) is 0.599. The Bertz CT molecular complexity index is 1080. The molecule has 0 unspecified atom stereocenters. The predicted molar refractivity (Wildman–Crippen MR) is 121 cm³/mol. The number of hydrogen-bond acceptors (Lipinski definition) is 6. The average Bonchev–Trinajstić information content (AvgIpc) is 3.33. The van der Waals surface area contributed by atoms with Gasteiger partial charge in [0.05, 0.1) is 28.7 Å². The number of hydrogen-bond donors (Lipinski definition) is 1. The molecule has 0 spiro atoms.